The average Bonchev–Trinajstić information content (AvgIpc) is 2.38. The summed E-state index contributed by atoms with van der Waals surface area (Å²) in [4.78, 5) is 0. The van der Waals surface area contributed by atoms with E-state index in [0.717, 1.165) is 11.1 Å². The van der Waals surface area contributed by atoms with Gasteiger partial charge in [-0.05, 0) is 60.4 Å². The Labute approximate surface area is 127 Å². The smallest absolute Gasteiger partial charge is 0.126 e. The molecule has 0 aromatic heterocycles. The molecular weight excluding hydrogens is 298 g/mol. The molecule has 0 aliphatic carbocycles. The molecular formula is C15H15Cl2FN2. The van der Waals surface area contributed by atoms with Gasteiger partial charge in [-0.15, -0.1) is 0 Å². The highest BCUT2D eigenvalue weighted by Crippen LogP contribution is 2.25. The maximum absolute atomic E-state index is 13.8. The van der Waals surface area contributed by atoms with Crippen LogP contribution >= 0.6 is 23.2 Å². The van der Waals surface area contributed by atoms with E-state index in [9.17, 15) is 4.39 Å². The van der Waals surface area contributed by atoms with Gasteiger partial charge in [0.2, 0.25) is 0 Å². The first-order valence-electron chi connectivity index (χ1n) is 6.16. The van der Waals surface area contributed by atoms with E-state index in [0.29, 0.717) is 22.0 Å². The lowest BCUT2D eigenvalue weighted by Gasteiger charge is -2.18. The van der Waals surface area contributed by atoms with Crippen molar-refractivity contribution in [3.8, 4) is 0 Å². The third-order valence-electron chi connectivity index (χ3n) is 3.10. The zero-order chi connectivity index (χ0) is 14.7. The van der Waals surface area contributed by atoms with Crippen molar-refractivity contribution in [3.05, 3.63) is 69.0 Å². The molecule has 0 aliphatic heterocycles. The number of aryl methyl sites for hydroxylation is 1. The number of hydrazine groups is 1. The number of hydrogen-bond donors (Lipinski definition) is 2. The van der Waals surface area contributed by atoms with E-state index in [2.05, 4.69) is 5.43 Å². The van der Waals surface area contributed by atoms with Gasteiger partial charge in [-0.3, -0.25) is 11.3 Å². The Kier molecular flexibility index (Phi) is 5.00. The summed E-state index contributed by atoms with van der Waals surface area (Å²) in [6.45, 7) is 1.95. The number of nitrogens with two attached hydrogens (primary N) is 1. The highest BCUT2D eigenvalue weighted by atomic mass is 35.5. The first-order chi connectivity index (χ1) is 9.49. The molecule has 0 saturated heterocycles. The molecule has 5 heteroatoms. The van der Waals surface area contributed by atoms with E-state index in [1.807, 2.05) is 25.1 Å². The molecule has 0 spiro atoms. The minimum Gasteiger partial charge on any atom is -0.271 e. The van der Waals surface area contributed by atoms with E-state index >= 15 is 0 Å². The third kappa shape index (κ3) is 3.70. The van der Waals surface area contributed by atoms with Crippen molar-refractivity contribution in [2.45, 2.75) is 19.4 Å². The van der Waals surface area contributed by atoms with Crippen molar-refractivity contribution < 1.29 is 4.39 Å². The lowest BCUT2D eigenvalue weighted by Crippen LogP contribution is -2.29. The SMILES string of the molecule is Cc1cc(Cl)cc(C(Cc2cc(Cl)ccc2F)NN)c1. The van der Waals surface area contributed by atoms with Crippen LogP contribution in [-0.4, -0.2) is 0 Å². The van der Waals surface area contributed by atoms with E-state index < -0.39 is 0 Å². The van der Waals surface area contributed by atoms with Crippen LogP contribution in [0.15, 0.2) is 36.4 Å². The molecule has 0 bridgehead atoms. The zero-order valence-corrected chi connectivity index (χ0v) is 12.5. The van der Waals surface area contributed by atoms with Gasteiger partial charge in [0.1, 0.15) is 5.82 Å². The largest absolute Gasteiger partial charge is 0.271 e. The summed E-state index contributed by atoms with van der Waals surface area (Å²) in [5.41, 5.74) is 5.15. The highest BCUT2D eigenvalue weighted by Gasteiger charge is 2.14. The number of rotatable bonds is 4. The molecule has 3 N–H and O–H groups in total. The summed E-state index contributed by atoms with van der Waals surface area (Å²) in [7, 11) is 0. The molecule has 0 amide bonds. The van der Waals surface area contributed by atoms with Crippen LogP contribution in [0.2, 0.25) is 10.0 Å². The van der Waals surface area contributed by atoms with Crippen LogP contribution in [0, 0.1) is 12.7 Å². The van der Waals surface area contributed by atoms with Crippen molar-refractivity contribution in [1.82, 2.24) is 5.43 Å². The Hall–Kier alpha value is -1.13. The normalized spacial score (nSPS) is 12.4. The maximum atomic E-state index is 13.8. The number of halogens is 3. The summed E-state index contributed by atoms with van der Waals surface area (Å²) >= 11 is 11.9. The van der Waals surface area contributed by atoms with Gasteiger partial charge in [-0.2, -0.15) is 0 Å². The third-order valence-corrected chi connectivity index (χ3v) is 3.55. The Morgan fingerprint density at radius 2 is 1.90 bits per heavy atom. The molecule has 2 aromatic carbocycles. The first kappa shape index (κ1) is 15.3. The van der Waals surface area contributed by atoms with Crippen LogP contribution in [0.1, 0.15) is 22.7 Å². The van der Waals surface area contributed by atoms with Crippen LogP contribution in [0.4, 0.5) is 4.39 Å². The van der Waals surface area contributed by atoms with E-state index in [1.165, 1.54) is 12.1 Å². The van der Waals surface area contributed by atoms with Gasteiger partial charge in [-0.25, -0.2) is 4.39 Å². The predicted octanol–water partition coefficient (Wildman–Crippen LogP) is 4.19. The lowest BCUT2D eigenvalue weighted by molar-refractivity contribution is 0.529. The van der Waals surface area contributed by atoms with Crippen LogP contribution in [0.25, 0.3) is 0 Å². The molecule has 0 saturated carbocycles. The quantitative estimate of drug-likeness (QED) is 0.656. The fourth-order valence-electron chi connectivity index (χ4n) is 2.16. The maximum Gasteiger partial charge on any atom is 0.126 e. The Morgan fingerprint density at radius 3 is 2.55 bits per heavy atom. The van der Waals surface area contributed by atoms with Crippen molar-refractivity contribution in [2.75, 3.05) is 0 Å². The molecule has 2 aromatic rings. The monoisotopic (exact) mass is 312 g/mol. The van der Waals surface area contributed by atoms with Crippen LogP contribution < -0.4 is 11.3 Å². The predicted molar refractivity (Wildman–Crippen MR) is 81.4 cm³/mol. The van der Waals surface area contributed by atoms with Crippen molar-refractivity contribution >= 4 is 23.2 Å². The number of nitrogens with one attached hydrogen (secondary N) is 1. The van der Waals surface area contributed by atoms with Gasteiger partial charge >= 0.3 is 0 Å². The second-order valence-electron chi connectivity index (χ2n) is 4.72. The standard InChI is InChI=1S/C15H15Cl2FN2/c1-9-4-11(7-13(17)5-9)15(20-19)8-10-6-12(16)2-3-14(10)18/h2-7,15,20H,8,19H2,1H3. The Morgan fingerprint density at radius 1 is 1.15 bits per heavy atom. The minimum absolute atomic E-state index is 0.236. The molecule has 1 unspecified atom stereocenters. The van der Waals surface area contributed by atoms with Crippen molar-refractivity contribution in [1.29, 1.82) is 0 Å². The van der Waals surface area contributed by atoms with Crippen molar-refractivity contribution in [2.24, 2.45) is 5.84 Å². The number of benzene rings is 2. The average molecular weight is 313 g/mol. The van der Waals surface area contributed by atoms with E-state index in [1.54, 1.807) is 6.07 Å². The molecule has 0 fully saturated rings. The van der Waals surface area contributed by atoms with Crippen LogP contribution in [0.3, 0.4) is 0 Å². The molecule has 106 valence electrons. The van der Waals surface area contributed by atoms with Crippen LogP contribution in [0.5, 0.6) is 0 Å². The van der Waals surface area contributed by atoms with Crippen LogP contribution in [-0.2, 0) is 6.42 Å². The van der Waals surface area contributed by atoms with Gasteiger partial charge in [0.25, 0.3) is 0 Å². The topological polar surface area (TPSA) is 38.0 Å². The highest BCUT2D eigenvalue weighted by molar-refractivity contribution is 6.31. The van der Waals surface area contributed by atoms with Gasteiger partial charge in [0.05, 0.1) is 6.04 Å². The van der Waals surface area contributed by atoms with Crippen molar-refractivity contribution in [3.63, 3.8) is 0 Å². The molecule has 0 heterocycles. The molecule has 2 rings (SSSR count). The summed E-state index contributed by atoms with van der Waals surface area (Å²) in [5.74, 6) is 5.29. The fraction of sp³-hybridized carbons (Fsp3) is 0.200. The summed E-state index contributed by atoms with van der Waals surface area (Å²) in [5, 5.41) is 1.13. The molecule has 1 atom stereocenters. The lowest BCUT2D eigenvalue weighted by atomic mass is 9.98. The summed E-state index contributed by atoms with van der Waals surface area (Å²) in [6.07, 6.45) is 0.392. The molecule has 0 aliphatic rings. The fourth-order valence-corrected chi connectivity index (χ4v) is 2.65. The van der Waals surface area contributed by atoms with E-state index in [4.69, 9.17) is 29.0 Å². The van der Waals surface area contributed by atoms with Gasteiger partial charge < -0.3 is 0 Å². The molecule has 0 radical (unpaired) electrons. The second kappa shape index (κ2) is 6.55. The first-order valence-corrected chi connectivity index (χ1v) is 6.92. The minimum atomic E-state index is -0.298. The van der Waals surface area contributed by atoms with Gasteiger partial charge in [0, 0.05) is 10.0 Å². The summed E-state index contributed by atoms with van der Waals surface area (Å²) in [6, 6.07) is 9.90. The second-order valence-corrected chi connectivity index (χ2v) is 5.59. The van der Waals surface area contributed by atoms with Gasteiger partial charge in [-0.1, -0.05) is 29.3 Å². The Balaban J connectivity index is 2.30. The molecule has 20 heavy (non-hydrogen) atoms. The zero-order valence-electron chi connectivity index (χ0n) is 11.0. The Bertz CT molecular complexity index is 597. The molecule has 2 nitrogen and oxygen atoms in total. The number of hydrogen-bond acceptors (Lipinski definition) is 2. The summed E-state index contributed by atoms with van der Waals surface area (Å²) < 4.78 is 13.8. The van der Waals surface area contributed by atoms with E-state index in [-0.39, 0.29) is 11.9 Å². The van der Waals surface area contributed by atoms with Gasteiger partial charge in [0.15, 0.2) is 0 Å².